The van der Waals surface area contributed by atoms with Crippen molar-refractivity contribution in [3.05, 3.63) is 29.6 Å². The average Bonchev–Trinajstić information content (AvgIpc) is 2.71. The number of amides is 2. The van der Waals surface area contributed by atoms with Gasteiger partial charge >= 0.3 is 10.2 Å². The molecule has 3 N–H and O–H groups in total. The van der Waals surface area contributed by atoms with Crippen molar-refractivity contribution in [3.63, 3.8) is 0 Å². The average molecular weight is 515 g/mol. The molecule has 0 radical (unpaired) electrons. The normalized spacial score (nSPS) is 33.6. The highest BCUT2D eigenvalue weighted by atomic mass is 32.2. The monoisotopic (exact) mass is 514 g/mol. The molecular formula is C23H29F3N4O4S. The van der Waals surface area contributed by atoms with Crippen LogP contribution in [0.4, 0.5) is 18.9 Å². The minimum atomic E-state index is -4.40. The van der Waals surface area contributed by atoms with E-state index in [1.165, 1.54) is 0 Å². The lowest BCUT2D eigenvalue weighted by atomic mass is 9.47. The van der Waals surface area contributed by atoms with Crippen LogP contribution in [0.5, 0.6) is 0 Å². The number of anilines is 1. The molecule has 4 saturated carbocycles. The molecule has 1 heterocycles. The highest BCUT2D eigenvalue weighted by Crippen LogP contribution is 2.61. The molecule has 2 atom stereocenters. The van der Waals surface area contributed by atoms with Gasteiger partial charge in [0.05, 0.1) is 6.54 Å². The molecule has 5 fully saturated rings. The summed E-state index contributed by atoms with van der Waals surface area (Å²) in [6, 6.07) is 0.754. The van der Waals surface area contributed by atoms with Crippen LogP contribution in [-0.4, -0.2) is 50.2 Å². The lowest BCUT2D eigenvalue weighted by molar-refractivity contribution is -0.134. The third-order valence-corrected chi connectivity index (χ3v) is 10.1. The van der Waals surface area contributed by atoms with E-state index in [0.717, 1.165) is 36.4 Å². The SMILES string of the molecule is NC(=O)CC12CC3CC(C1)C(NC(=O)CN1CCCN(c4c(F)cc(F)cc4F)S1(=O)=O)C(C3)C2. The highest BCUT2D eigenvalue weighted by molar-refractivity contribution is 7.90. The fourth-order valence-electron chi connectivity index (χ4n) is 7.33. The summed E-state index contributed by atoms with van der Waals surface area (Å²) >= 11 is 0. The van der Waals surface area contributed by atoms with Crippen LogP contribution in [0.3, 0.4) is 0 Å². The molecule has 12 heteroatoms. The van der Waals surface area contributed by atoms with Gasteiger partial charge < -0.3 is 11.1 Å². The van der Waals surface area contributed by atoms with E-state index in [1.807, 2.05) is 0 Å². The first-order valence-corrected chi connectivity index (χ1v) is 13.4. The quantitative estimate of drug-likeness (QED) is 0.605. The number of benzene rings is 1. The van der Waals surface area contributed by atoms with Gasteiger partial charge in [-0.1, -0.05) is 0 Å². The summed E-state index contributed by atoms with van der Waals surface area (Å²) in [5.74, 6) is -3.65. The van der Waals surface area contributed by atoms with Crippen LogP contribution < -0.4 is 15.4 Å². The molecule has 4 bridgehead atoms. The van der Waals surface area contributed by atoms with Gasteiger partial charge in [0, 0.05) is 37.7 Å². The predicted octanol–water partition coefficient (Wildman–Crippen LogP) is 2.05. The third-order valence-electron chi connectivity index (χ3n) is 8.20. The number of nitrogens with two attached hydrogens (primary N) is 1. The Labute approximate surface area is 202 Å². The van der Waals surface area contributed by atoms with E-state index in [0.29, 0.717) is 28.8 Å². The van der Waals surface area contributed by atoms with Gasteiger partial charge in [0.15, 0.2) is 11.6 Å². The van der Waals surface area contributed by atoms with Gasteiger partial charge in [0.2, 0.25) is 11.8 Å². The maximum Gasteiger partial charge on any atom is 0.304 e. The standard InChI is InChI=1S/C23H29F3N4O4S/c24-16-6-17(25)22(18(26)7-16)30-3-1-2-29(35(30,33)34)12-20(32)28-21-14-4-13-5-15(21)10-23(8-13,9-14)11-19(27)31/h6-7,13-15,21H,1-5,8-12H2,(H2,27,31)(H,28,32). The van der Waals surface area contributed by atoms with E-state index in [9.17, 15) is 31.2 Å². The molecule has 1 aromatic carbocycles. The number of hydrogen-bond donors (Lipinski definition) is 2. The van der Waals surface area contributed by atoms with Crippen LogP contribution in [0, 0.1) is 40.6 Å². The summed E-state index contributed by atoms with van der Waals surface area (Å²) in [5.41, 5.74) is 4.55. The molecule has 1 aliphatic heterocycles. The van der Waals surface area contributed by atoms with Gasteiger partial charge in [-0.2, -0.15) is 12.7 Å². The maximum absolute atomic E-state index is 14.3. The zero-order valence-corrected chi connectivity index (χ0v) is 20.0. The van der Waals surface area contributed by atoms with Crippen molar-refractivity contribution in [1.82, 2.24) is 9.62 Å². The largest absolute Gasteiger partial charge is 0.370 e. The molecule has 4 aliphatic carbocycles. The maximum atomic E-state index is 14.3. The van der Waals surface area contributed by atoms with Crippen molar-refractivity contribution < 1.29 is 31.2 Å². The molecule has 1 aromatic rings. The first-order valence-electron chi connectivity index (χ1n) is 12.0. The third kappa shape index (κ3) is 4.39. The zero-order chi connectivity index (χ0) is 25.1. The molecule has 8 nitrogen and oxygen atoms in total. The summed E-state index contributed by atoms with van der Waals surface area (Å²) in [6.45, 7) is -0.636. The number of nitrogens with one attached hydrogen (secondary N) is 1. The molecule has 192 valence electrons. The van der Waals surface area contributed by atoms with Gasteiger partial charge in [0.1, 0.15) is 11.5 Å². The minimum Gasteiger partial charge on any atom is -0.370 e. The Morgan fingerprint density at radius 1 is 1.06 bits per heavy atom. The zero-order valence-electron chi connectivity index (χ0n) is 19.2. The smallest absolute Gasteiger partial charge is 0.304 e. The predicted molar refractivity (Wildman–Crippen MR) is 121 cm³/mol. The molecule has 2 amide bonds. The second-order valence-electron chi connectivity index (χ2n) is 10.7. The molecular weight excluding hydrogens is 485 g/mol. The number of carbonyl (C=O) groups excluding carboxylic acids is 2. The summed E-state index contributed by atoms with van der Waals surface area (Å²) in [7, 11) is -4.40. The Morgan fingerprint density at radius 3 is 2.29 bits per heavy atom. The van der Waals surface area contributed by atoms with Crippen LogP contribution in [0.15, 0.2) is 12.1 Å². The van der Waals surface area contributed by atoms with Crippen molar-refractivity contribution in [2.24, 2.45) is 28.9 Å². The Kier molecular flexibility index (Phi) is 6.02. The summed E-state index contributed by atoms with van der Waals surface area (Å²) in [6.07, 6.45) is 5.13. The topological polar surface area (TPSA) is 113 Å². The van der Waals surface area contributed by atoms with Crippen molar-refractivity contribution in [2.75, 3.05) is 23.9 Å². The fraction of sp³-hybridized carbons (Fsp3) is 0.652. The van der Waals surface area contributed by atoms with E-state index < -0.39 is 45.8 Å². The van der Waals surface area contributed by atoms with Gasteiger partial charge in [-0.05, 0) is 61.7 Å². The van der Waals surface area contributed by atoms with Crippen molar-refractivity contribution >= 4 is 27.7 Å². The Balaban J connectivity index is 1.28. The van der Waals surface area contributed by atoms with Crippen molar-refractivity contribution in [2.45, 2.75) is 51.0 Å². The van der Waals surface area contributed by atoms with Crippen molar-refractivity contribution in [3.8, 4) is 0 Å². The number of halogens is 3. The first kappa shape index (κ1) is 24.4. The van der Waals surface area contributed by atoms with Crippen LogP contribution >= 0.6 is 0 Å². The Hall–Kier alpha value is -2.34. The van der Waals surface area contributed by atoms with Crippen LogP contribution in [0.1, 0.15) is 44.9 Å². The Morgan fingerprint density at radius 2 is 1.69 bits per heavy atom. The van der Waals surface area contributed by atoms with Crippen LogP contribution in [0.25, 0.3) is 0 Å². The van der Waals surface area contributed by atoms with E-state index in [-0.39, 0.29) is 48.7 Å². The van der Waals surface area contributed by atoms with E-state index in [2.05, 4.69) is 5.32 Å². The Bertz CT molecular complexity index is 1120. The summed E-state index contributed by atoms with van der Waals surface area (Å²) in [5, 5.41) is 3.02. The van der Waals surface area contributed by atoms with E-state index in [4.69, 9.17) is 5.73 Å². The second-order valence-corrected chi connectivity index (χ2v) is 12.5. The van der Waals surface area contributed by atoms with Gasteiger partial charge in [0.25, 0.3) is 0 Å². The number of nitrogens with zero attached hydrogens (tertiary/aromatic N) is 2. The van der Waals surface area contributed by atoms with Crippen molar-refractivity contribution in [1.29, 1.82) is 0 Å². The number of carbonyl (C=O) groups is 2. The second kappa shape index (κ2) is 8.65. The lowest BCUT2D eigenvalue weighted by Gasteiger charge is -2.60. The molecule has 0 aromatic heterocycles. The molecule has 1 saturated heterocycles. The van der Waals surface area contributed by atoms with Crippen LogP contribution in [-0.2, 0) is 19.8 Å². The van der Waals surface area contributed by atoms with E-state index >= 15 is 0 Å². The molecule has 35 heavy (non-hydrogen) atoms. The fourth-order valence-corrected chi connectivity index (χ4v) is 9.01. The molecule has 6 rings (SSSR count). The first-order chi connectivity index (χ1) is 16.5. The van der Waals surface area contributed by atoms with E-state index in [1.54, 1.807) is 0 Å². The summed E-state index contributed by atoms with van der Waals surface area (Å²) in [4.78, 5) is 24.6. The molecule has 5 aliphatic rings. The number of primary amides is 1. The van der Waals surface area contributed by atoms with Gasteiger partial charge in [-0.15, -0.1) is 0 Å². The minimum absolute atomic E-state index is 0.0258. The molecule has 0 spiro atoms. The summed E-state index contributed by atoms with van der Waals surface area (Å²) < 4.78 is 69.6. The van der Waals surface area contributed by atoms with Gasteiger partial charge in [-0.3, -0.25) is 13.9 Å². The highest BCUT2D eigenvalue weighted by Gasteiger charge is 2.56. The molecule has 2 unspecified atom stereocenters. The van der Waals surface area contributed by atoms with Crippen LogP contribution in [0.2, 0.25) is 0 Å². The number of rotatable bonds is 6. The van der Waals surface area contributed by atoms with Gasteiger partial charge in [-0.25, -0.2) is 13.2 Å². The number of hydrogen-bond acceptors (Lipinski definition) is 4. The lowest BCUT2D eigenvalue weighted by Crippen LogP contribution is -2.61.